The lowest BCUT2D eigenvalue weighted by molar-refractivity contribution is -0.192. The van der Waals surface area contributed by atoms with E-state index in [9.17, 15) is 27.6 Å². The minimum absolute atomic E-state index is 0.142. The van der Waals surface area contributed by atoms with Crippen LogP contribution in [0.25, 0.3) is 11.2 Å². The number of fused-ring (bicyclic) bond motifs is 1. The van der Waals surface area contributed by atoms with E-state index in [1.54, 1.807) is 43.1 Å². The molecule has 3 N–H and O–H groups in total. The summed E-state index contributed by atoms with van der Waals surface area (Å²) in [5, 5.41) is 7.79. The van der Waals surface area contributed by atoms with Crippen molar-refractivity contribution < 1.29 is 27.9 Å². The first-order valence-electron chi connectivity index (χ1n) is 13.4. The first kappa shape index (κ1) is 31.8. The van der Waals surface area contributed by atoms with E-state index in [1.807, 2.05) is 41.0 Å². The predicted molar refractivity (Wildman–Crippen MR) is 155 cm³/mol. The number of carbonyl (C=O) groups excluding carboxylic acids is 1. The maximum absolute atomic E-state index is 13.8. The lowest BCUT2D eigenvalue weighted by Gasteiger charge is -2.26. The SMILES string of the molecule is Cn1c(=O)n(CC(=O)c2ccccc2)c(=O)c2c1nc(SC1(CN)CCCC1)n2Cc1ccccc1.O=C(O)C(F)(F)F. The molecule has 228 valence electrons. The number of aromatic nitrogens is 4. The Hall–Kier alpha value is -4.17. The van der Waals surface area contributed by atoms with Crippen LogP contribution in [0, 0.1) is 0 Å². The molecule has 0 unspecified atom stereocenters. The monoisotopic (exact) mass is 617 g/mol. The highest BCUT2D eigenvalue weighted by Gasteiger charge is 2.38. The van der Waals surface area contributed by atoms with E-state index in [0.717, 1.165) is 35.8 Å². The number of carbonyl (C=O) groups is 2. The molecule has 14 heteroatoms. The number of aryl methyl sites for hydroxylation is 1. The molecule has 0 saturated heterocycles. The third-order valence-corrected chi connectivity index (χ3v) is 8.72. The molecule has 2 heterocycles. The topological polar surface area (TPSA) is 142 Å². The summed E-state index contributed by atoms with van der Waals surface area (Å²) >= 11 is 1.61. The first-order chi connectivity index (χ1) is 20.4. The Morgan fingerprint density at radius 1 is 1.00 bits per heavy atom. The van der Waals surface area contributed by atoms with Crippen molar-refractivity contribution in [3.05, 3.63) is 92.6 Å². The van der Waals surface area contributed by atoms with Gasteiger partial charge in [-0.15, -0.1) is 0 Å². The van der Waals surface area contributed by atoms with Crippen LogP contribution in [0.3, 0.4) is 0 Å². The number of halogens is 3. The Morgan fingerprint density at radius 3 is 2.09 bits per heavy atom. The number of alkyl halides is 3. The smallest absolute Gasteiger partial charge is 0.475 e. The van der Waals surface area contributed by atoms with Crippen LogP contribution in [0.4, 0.5) is 13.2 Å². The summed E-state index contributed by atoms with van der Waals surface area (Å²) in [6, 6.07) is 18.5. The van der Waals surface area contributed by atoms with Gasteiger partial charge in [0.2, 0.25) is 0 Å². The summed E-state index contributed by atoms with van der Waals surface area (Å²) in [6.45, 7) is 0.596. The van der Waals surface area contributed by atoms with Gasteiger partial charge < -0.3 is 15.4 Å². The van der Waals surface area contributed by atoms with Gasteiger partial charge in [-0.3, -0.25) is 18.7 Å². The predicted octanol–water partition coefficient (Wildman–Crippen LogP) is 3.82. The lowest BCUT2D eigenvalue weighted by atomic mass is 10.1. The van der Waals surface area contributed by atoms with E-state index in [2.05, 4.69) is 0 Å². The highest BCUT2D eigenvalue weighted by molar-refractivity contribution is 8.00. The van der Waals surface area contributed by atoms with Gasteiger partial charge in [0.05, 0.1) is 13.1 Å². The molecule has 1 aliphatic rings. The average Bonchev–Trinajstić information content (AvgIpc) is 3.60. The van der Waals surface area contributed by atoms with Crippen LogP contribution in [0.2, 0.25) is 0 Å². The van der Waals surface area contributed by atoms with Gasteiger partial charge in [-0.25, -0.2) is 14.6 Å². The number of hydrogen-bond acceptors (Lipinski definition) is 7. The molecule has 10 nitrogen and oxygen atoms in total. The van der Waals surface area contributed by atoms with E-state index in [1.165, 1.54) is 4.57 Å². The molecule has 0 amide bonds. The minimum atomic E-state index is -5.08. The molecule has 1 fully saturated rings. The second-order valence-corrected chi connectivity index (χ2v) is 11.6. The van der Waals surface area contributed by atoms with E-state index in [0.29, 0.717) is 35.0 Å². The summed E-state index contributed by atoms with van der Waals surface area (Å²) < 4.78 is 35.9. The zero-order chi connectivity index (χ0) is 31.4. The molecule has 0 spiro atoms. The quantitative estimate of drug-likeness (QED) is 0.284. The standard InChI is InChI=1S/C27H29N5O3S.C2HF3O2/c1-30-23-22(24(34)32(26(30)35)17-21(33)20-12-6-3-7-13-20)31(16-19-10-4-2-5-11-19)25(29-23)36-27(18-28)14-8-9-15-27;3-2(4,5)1(6)7/h2-7,10-13H,8-9,14-18,28H2,1H3;(H,6,7). The number of carboxylic acids is 1. The Balaban J connectivity index is 0.000000541. The van der Waals surface area contributed by atoms with Crippen molar-refractivity contribution in [1.82, 2.24) is 18.7 Å². The van der Waals surface area contributed by atoms with Crippen LogP contribution < -0.4 is 17.0 Å². The number of aliphatic carboxylic acids is 1. The minimum Gasteiger partial charge on any atom is -0.475 e. The van der Waals surface area contributed by atoms with Crippen LogP contribution in [-0.2, 0) is 24.9 Å². The third kappa shape index (κ3) is 7.08. The van der Waals surface area contributed by atoms with Gasteiger partial charge in [-0.1, -0.05) is 85.3 Å². The van der Waals surface area contributed by atoms with Gasteiger partial charge in [0.1, 0.15) is 0 Å². The number of thioether (sulfide) groups is 1. The fourth-order valence-electron chi connectivity index (χ4n) is 4.90. The largest absolute Gasteiger partial charge is 0.490 e. The summed E-state index contributed by atoms with van der Waals surface area (Å²) in [6.07, 6.45) is -0.902. The number of nitrogens with two attached hydrogens (primary N) is 1. The highest BCUT2D eigenvalue weighted by atomic mass is 32.2. The van der Waals surface area contributed by atoms with Crippen LogP contribution in [0.15, 0.2) is 75.4 Å². The number of benzene rings is 2. The van der Waals surface area contributed by atoms with Gasteiger partial charge in [0.15, 0.2) is 22.1 Å². The molecule has 0 radical (unpaired) electrons. The number of rotatable bonds is 8. The van der Waals surface area contributed by atoms with E-state index in [4.69, 9.17) is 20.6 Å². The zero-order valence-electron chi connectivity index (χ0n) is 23.2. The van der Waals surface area contributed by atoms with Crippen LogP contribution in [0.1, 0.15) is 41.6 Å². The molecule has 1 saturated carbocycles. The Labute approximate surface area is 248 Å². The molecular weight excluding hydrogens is 587 g/mol. The number of carboxylic acid groups (broad SMARTS) is 1. The molecule has 4 aromatic rings. The molecular formula is C29H30F3N5O5S. The molecule has 2 aromatic carbocycles. The summed E-state index contributed by atoms with van der Waals surface area (Å²) in [7, 11) is 1.59. The second-order valence-electron chi connectivity index (χ2n) is 10.2. The number of Topliss-reactive ketones (excluding diaryl/α,β-unsaturated/α-hetero) is 1. The first-order valence-corrected chi connectivity index (χ1v) is 14.2. The summed E-state index contributed by atoms with van der Waals surface area (Å²) in [5.41, 5.74) is 7.23. The summed E-state index contributed by atoms with van der Waals surface area (Å²) in [5.74, 6) is -3.06. The molecule has 0 bridgehead atoms. The van der Waals surface area contributed by atoms with Crippen molar-refractivity contribution in [1.29, 1.82) is 0 Å². The van der Waals surface area contributed by atoms with Gasteiger partial charge in [-0.2, -0.15) is 13.2 Å². The molecule has 43 heavy (non-hydrogen) atoms. The van der Waals surface area contributed by atoms with Crippen molar-refractivity contribution >= 4 is 34.7 Å². The van der Waals surface area contributed by atoms with Crippen molar-refractivity contribution in [2.24, 2.45) is 12.8 Å². The number of imidazole rings is 1. The number of hydrogen-bond donors (Lipinski definition) is 2. The van der Waals surface area contributed by atoms with Crippen molar-refractivity contribution in [3.63, 3.8) is 0 Å². The number of ketones is 1. The van der Waals surface area contributed by atoms with Crippen molar-refractivity contribution in [2.75, 3.05) is 6.54 Å². The molecule has 1 aliphatic carbocycles. The Kier molecular flexibility index (Phi) is 9.60. The van der Waals surface area contributed by atoms with Gasteiger partial charge in [0, 0.05) is 23.9 Å². The second kappa shape index (κ2) is 13.0. The zero-order valence-corrected chi connectivity index (χ0v) is 24.0. The molecule has 0 atom stereocenters. The van der Waals surface area contributed by atoms with Gasteiger partial charge >= 0.3 is 17.8 Å². The maximum atomic E-state index is 13.8. The third-order valence-electron chi connectivity index (χ3n) is 7.22. The molecule has 2 aromatic heterocycles. The molecule has 5 rings (SSSR count). The van der Waals surface area contributed by atoms with Gasteiger partial charge in [0.25, 0.3) is 5.56 Å². The van der Waals surface area contributed by atoms with Gasteiger partial charge in [-0.05, 0) is 18.4 Å². The average molecular weight is 618 g/mol. The highest BCUT2D eigenvalue weighted by Crippen LogP contribution is 2.44. The maximum Gasteiger partial charge on any atom is 0.490 e. The van der Waals surface area contributed by atoms with E-state index < -0.39 is 23.4 Å². The normalized spacial score (nSPS) is 14.3. The van der Waals surface area contributed by atoms with Crippen LogP contribution >= 0.6 is 11.8 Å². The Morgan fingerprint density at radius 2 is 1.56 bits per heavy atom. The number of nitrogens with zero attached hydrogens (tertiary/aromatic N) is 4. The lowest BCUT2D eigenvalue weighted by Crippen LogP contribution is -2.41. The fraction of sp³-hybridized carbons (Fsp3) is 0.345. The van der Waals surface area contributed by atoms with Crippen molar-refractivity contribution in [2.45, 2.75) is 54.9 Å². The Bertz CT molecular complexity index is 1730. The van der Waals surface area contributed by atoms with Crippen molar-refractivity contribution in [3.8, 4) is 0 Å². The molecule has 0 aliphatic heterocycles. The van der Waals surface area contributed by atoms with E-state index in [-0.39, 0.29) is 17.1 Å². The van der Waals surface area contributed by atoms with Crippen LogP contribution in [0.5, 0.6) is 0 Å². The van der Waals surface area contributed by atoms with Crippen LogP contribution in [-0.4, -0.2) is 53.0 Å². The van der Waals surface area contributed by atoms with E-state index >= 15 is 0 Å². The fourth-order valence-corrected chi connectivity index (χ4v) is 6.26. The summed E-state index contributed by atoms with van der Waals surface area (Å²) in [4.78, 5) is 53.6.